The van der Waals surface area contributed by atoms with Crippen molar-refractivity contribution in [3.8, 4) is 11.5 Å². The number of pyridine rings is 1. The number of rotatable bonds is 9. The molecule has 1 saturated heterocycles. The molecular formula is C28H38F3N3O7. The number of hydrogen-bond donors (Lipinski definition) is 2. The lowest BCUT2D eigenvalue weighted by Crippen LogP contribution is -2.53. The SMILES string of the molecule is C=CCCCCC[C@H](NC(=O)OC(C)(C)C)C(=O)N1C[C@@]2(CCc3c(O)cnc(C(F)(F)F)c3O2)C[C@H]1C(=O)OC. The third-order valence-corrected chi connectivity index (χ3v) is 7.08. The second-order valence-corrected chi connectivity index (χ2v) is 11.4. The van der Waals surface area contributed by atoms with Gasteiger partial charge < -0.3 is 29.5 Å². The number of esters is 1. The summed E-state index contributed by atoms with van der Waals surface area (Å²) < 4.78 is 57.5. The first-order valence-corrected chi connectivity index (χ1v) is 13.6. The maximum Gasteiger partial charge on any atom is 0.437 e. The van der Waals surface area contributed by atoms with Gasteiger partial charge in [0.2, 0.25) is 5.91 Å². The highest BCUT2D eigenvalue weighted by Gasteiger charge is 2.55. The predicted molar refractivity (Wildman–Crippen MR) is 141 cm³/mol. The molecule has 2 amide bonds. The van der Waals surface area contributed by atoms with Crippen LogP contribution >= 0.6 is 0 Å². The Balaban J connectivity index is 1.91. The monoisotopic (exact) mass is 585 g/mol. The molecule has 0 aliphatic carbocycles. The second-order valence-electron chi connectivity index (χ2n) is 11.4. The molecule has 10 nitrogen and oxygen atoms in total. The summed E-state index contributed by atoms with van der Waals surface area (Å²) in [5, 5.41) is 12.8. The van der Waals surface area contributed by atoms with Gasteiger partial charge in [-0.1, -0.05) is 18.9 Å². The van der Waals surface area contributed by atoms with Crippen molar-refractivity contribution < 1.29 is 46.9 Å². The fraction of sp³-hybridized carbons (Fsp3) is 0.643. The Morgan fingerprint density at radius 2 is 2.00 bits per heavy atom. The second kappa shape index (κ2) is 12.6. The highest BCUT2D eigenvalue weighted by Crippen LogP contribution is 2.48. The average molecular weight is 586 g/mol. The van der Waals surface area contributed by atoms with Gasteiger partial charge in [0, 0.05) is 12.0 Å². The van der Waals surface area contributed by atoms with E-state index in [0.29, 0.717) is 6.42 Å². The number of aromatic nitrogens is 1. The molecule has 0 unspecified atom stereocenters. The van der Waals surface area contributed by atoms with Crippen molar-refractivity contribution in [1.82, 2.24) is 15.2 Å². The Bertz CT molecular complexity index is 1150. The van der Waals surface area contributed by atoms with Crippen LogP contribution in [0.5, 0.6) is 11.5 Å². The molecule has 1 fully saturated rings. The summed E-state index contributed by atoms with van der Waals surface area (Å²) in [6, 6.07) is -2.24. The molecule has 1 aromatic heterocycles. The molecule has 41 heavy (non-hydrogen) atoms. The number of ether oxygens (including phenoxy) is 3. The number of nitrogens with zero attached hydrogens (tertiary/aromatic N) is 2. The Labute approximate surface area is 237 Å². The van der Waals surface area contributed by atoms with E-state index in [9.17, 15) is 32.7 Å². The van der Waals surface area contributed by atoms with E-state index in [4.69, 9.17) is 14.2 Å². The fourth-order valence-electron chi connectivity index (χ4n) is 5.20. The zero-order chi connectivity index (χ0) is 30.6. The highest BCUT2D eigenvalue weighted by molar-refractivity contribution is 5.90. The Kier molecular flexibility index (Phi) is 9.81. The van der Waals surface area contributed by atoms with Crippen LogP contribution in [0.4, 0.5) is 18.0 Å². The van der Waals surface area contributed by atoms with E-state index in [2.05, 4.69) is 16.9 Å². The fourth-order valence-corrected chi connectivity index (χ4v) is 5.20. The van der Waals surface area contributed by atoms with Crippen LogP contribution in [0.15, 0.2) is 18.9 Å². The maximum absolute atomic E-state index is 13.9. The van der Waals surface area contributed by atoms with Crippen LogP contribution < -0.4 is 10.1 Å². The first-order chi connectivity index (χ1) is 19.1. The zero-order valence-electron chi connectivity index (χ0n) is 23.8. The third kappa shape index (κ3) is 7.82. The minimum atomic E-state index is -4.86. The summed E-state index contributed by atoms with van der Waals surface area (Å²) in [5.41, 5.74) is -3.54. The van der Waals surface area contributed by atoms with Crippen LogP contribution in [0.25, 0.3) is 0 Å². The van der Waals surface area contributed by atoms with Crippen LogP contribution in [-0.4, -0.2) is 69.9 Å². The molecule has 3 atom stereocenters. The zero-order valence-corrected chi connectivity index (χ0v) is 23.8. The number of fused-ring (bicyclic) bond motifs is 1. The lowest BCUT2D eigenvalue weighted by Gasteiger charge is -2.36. The summed E-state index contributed by atoms with van der Waals surface area (Å²) in [7, 11) is 1.15. The predicted octanol–water partition coefficient (Wildman–Crippen LogP) is 4.67. The number of carbonyl (C=O) groups is 3. The van der Waals surface area contributed by atoms with Crippen molar-refractivity contribution in [3.05, 3.63) is 30.1 Å². The summed E-state index contributed by atoms with van der Waals surface area (Å²) in [6.45, 7) is 8.48. The molecule has 2 aliphatic rings. The van der Waals surface area contributed by atoms with E-state index < -0.39 is 64.6 Å². The summed E-state index contributed by atoms with van der Waals surface area (Å²) in [4.78, 5) is 43.9. The molecule has 2 N–H and O–H groups in total. The van der Waals surface area contributed by atoms with Crippen molar-refractivity contribution >= 4 is 18.0 Å². The molecule has 0 aromatic carbocycles. The van der Waals surface area contributed by atoms with Crippen molar-refractivity contribution in [2.75, 3.05) is 13.7 Å². The van der Waals surface area contributed by atoms with Crippen LogP contribution in [0.3, 0.4) is 0 Å². The van der Waals surface area contributed by atoms with Crippen LogP contribution in [0.2, 0.25) is 0 Å². The van der Waals surface area contributed by atoms with Gasteiger partial charge in [0.25, 0.3) is 0 Å². The smallest absolute Gasteiger partial charge is 0.437 e. The molecule has 13 heteroatoms. The number of nitrogens with one attached hydrogen (secondary N) is 1. The van der Waals surface area contributed by atoms with Gasteiger partial charge >= 0.3 is 18.2 Å². The minimum Gasteiger partial charge on any atom is -0.506 e. The number of hydrogen-bond acceptors (Lipinski definition) is 8. The van der Waals surface area contributed by atoms with E-state index in [0.717, 1.165) is 32.6 Å². The Hall–Kier alpha value is -3.51. The summed E-state index contributed by atoms with van der Waals surface area (Å²) >= 11 is 0. The van der Waals surface area contributed by atoms with Gasteiger partial charge in [-0.3, -0.25) is 4.79 Å². The maximum atomic E-state index is 13.9. The number of methoxy groups -OCH3 is 1. The topological polar surface area (TPSA) is 127 Å². The van der Waals surface area contributed by atoms with Crippen LogP contribution in [0, 0.1) is 0 Å². The van der Waals surface area contributed by atoms with Crippen LogP contribution in [-0.2, 0) is 31.7 Å². The van der Waals surface area contributed by atoms with Gasteiger partial charge in [-0.2, -0.15) is 13.2 Å². The minimum absolute atomic E-state index is 0.00554. The number of likely N-dealkylation sites (tertiary alicyclic amines) is 1. The normalized spacial score (nSPS) is 21.0. The molecule has 0 bridgehead atoms. The molecule has 0 radical (unpaired) electrons. The van der Waals surface area contributed by atoms with Crippen molar-refractivity contribution in [2.24, 2.45) is 0 Å². The average Bonchev–Trinajstić information content (AvgIpc) is 3.23. The van der Waals surface area contributed by atoms with Crippen molar-refractivity contribution in [3.63, 3.8) is 0 Å². The van der Waals surface area contributed by atoms with Crippen molar-refractivity contribution in [2.45, 2.75) is 102 Å². The molecule has 1 spiro atoms. The van der Waals surface area contributed by atoms with Gasteiger partial charge in [0.15, 0.2) is 11.4 Å². The number of halogens is 3. The number of allylic oxidation sites excluding steroid dienone is 1. The highest BCUT2D eigenvalue weighted by atomic mass is 19.4. The number of aromatic hydroxyl groups is 1. The number of unbranched alkanes of at least 4 members (excludes halogenated alkanes) is 3. The van der Waals surface area contributed by atoms with Crippen LogP contribution in [0.1, 0.15) is 77.0 Å². The summed E-state index contributed by atoms with van der Waals surface area (Å²) in [6.07, 6.45) is 0.0280. The standard InChI is InChI=1S/C28H38F3N3O7/c1-6-7-8-9-10-11-18(33-25(38)41-26(2,3)4)23(36)34-16-27(14-19(34)24(37)39-5)13-12-17-20(35)15-32-22(21(17)40-27)28(29,30)31/h6,15,18-19,35H,1,7-14,16H2,2-5H3,(H,33,38)/t18-,19-,27+/m0/s1. The number of amides is 2. The van der Waals surface area contributed by atoms with Gasteiger partial charge in [0.1, 0.15) is 29.0 Å². The molecule has 228 valence electrons. The first kappa shape index (κ1) is 32.0. The van der Waals surface area contributed by atoms with Gasteiger partial charge in [0.05, 0.1) is 19.9 Å². The molecule has 2 aliphatic heterocycles. The molecule has 1 aromatic rings. The van der Waals surface area contributed by atoms with Gasteiger partial charge in [-0.05, 0) is 52.9 Å². The lowest BCUT2D eigenvalue weighted by atomic mass is 9.88. The summed E-state index contributed by atoms with van der Waals surface area (Å²) in [5.74, 6) is -2.42. The van der Waals surface area contributed by atoms with Gasteiger partial charge in [-0.15, -0.1) is 6.58 Å². The Morgan fingerprint density at radius 3 is 2.61 bits per heavy atom. The molecular weight excluding hydrogens is 547 g/mol. The number of alkyl halides is 3. The van der Waals surface area contributed by atoms with E-state index >= 15 is 0 Å². The van der Waals surface area contributed by atoms with Crippen molar-refractivity contribution in [1.29, 1.82) is 0 Å². The number of alkyl carbamates (subject to hydrolysis) is 1. The number of carbonyl (C=O) groups excluding carboxylic acids is 3. The molecule has 3 heterocycles. The van der Waals surface area contributed by atoms with E-state index in [1.165, 1.54) is 4.90 Å². The first-order valence-electron chi connectivity index (χ1n) is 13.6. The molecule has 3 rings (SSSR count). The van der Waals surface area contributed by atoms with E-state index in [-0.39, 0.29) is 37.8 Å². The van der Waals surface area contributed by atoms with E-state index in [1.807, 2.05) is 0 Å². The largest absolute Gasteiger partial charge is 0.506 e. The Morgan fingerprint density at radius 1 is 1.29 bits per heavy atom. The molecule has 0 saturated carbocycles. The van der Waals surface area contributed by atoms with Gasteiger partial charge in [-0.25, -0.2) is 14.6 Å². The van der Waals surface area contributed by atoms with E-state index in [1.54, 1.807) is 26.8 Å². The quantitative estimate of drug-likeness (QED) is 0.243. The lowest BCUT2D eigenvalue weighted by molar-refractivity contribution is -0.151. The third-order valence-electron chi connectivity index (χ3n) is 7.08.